The smallest absolute Gasteiger partial charge is 0.0613 e. The van der Waals surface area contributed by atoms with Gasteiger partial charge in [-0.2, -0.15) is 0 Å². The van der Waals surface area contributed by atoms with Gasteiger partial charge in [0.2, 0.25) is 0 Å². The van der Waals surface area contributed by atoms with E-state index in [0.29, 0.717) is 12.6 Å². The van der Waals surface area contributed by atoms with Crippen molar-refractivity contribution in [2.45, 2.75) is 82.8 Å². The largest absolute Gasteiger partial charge is 0.394 e. The summed E-state index contributed by atoms with van der Waals surface area (Å²) in [5, 5.41) is 13.5. The number of aliphatic hydroxyl groups excluding tert-OH is 1. The van der Waals surface area contributed by atoms with Crippen LogP contribution >= 0.6 is 0 Å². The molecule has 1 saturated carbocycles. The summed E-state index contributed by atoms with van der Waals surface area (Å²) in [6.45, 7) is 7.18. The molecule has 0 aromatic rings. The van der Waals surface area contributed by atoms with Crippen molar-refractivity contribution >= 4 is 0 Å². The Kier molecular flexibility index (Phi) is 5.67. The monoisotopic (exact) mass is 268 g/mol. The van der Waals surface area contributed by atoms with E-state index >= 15 is 0 Å². The van der Waals surface area contributed by atoms with Gasteiger partial charge < -0.3 is 10.4 Å². The number of likely N-dealkylation sites (tertiary alicyclic amines) is 1. The average Bonchev–Trinajstić information content (AvgIpc) is 2.46. The molecular weight excluding hydrogens is 236 g/mol. The normalized spacial score (nSPS) is 37.4. The van der Waals surface area contributed by atoms with E-state index in [1.54, 1.807) is 0 Å². The van der Waals surface area contributed by atoms with Gasteiger partial charge in [0.15, 0.2) is 0 Å². The molecule has 3 heteroatoms. The summed E-state index contributed by atoms with van der Waals surface area (Å²) in [7, 11) is 0. The SMILES string of the molecule is CCCNC1(CO)CCCC(N2CCCCC2C)C1. The minimum Gasteiger partial charge on any atom is -0.394 e. The highest BCUT2D eigenvalue weighted by Crippen LogP contribution is 2.34. The van der Waals surface area contributed by atoms with Crippen LogP contribution in [-0.4, -0.2) is 47.3 Å². The lowest BCUT2D eigenvalue weighted by Gasteiger charge is -2.47. The van der Waals surface area contributed by atoms with Crippen LogP contribution in [0.15, 0.2) is 0 Å². The van der Waals surface area contributed by atoms with Gasteiger partial charge in [-0.1, -0.05) is 13.3 Å². The molecule has 0 spiro atoms. The van der Waals surface area contributed by atoms with Gasteiger partial charge in [0.25, 0.3) is 0 Å². The zero-order chi connectivity index (χ0) is 13.7. The van der Waals surface area contributed by atoms with E-state index in [4.69, 9.17) is 0 Å². The standard InChI is InChI=1S/C16H32N2O/c1-3-10-17-16(13-19)9-6-8-15(12-16)18-11-5-4-7-14(18)2/h14-15,17,19H,3-13H2,1-2H3. The third-order valence-electron chi connectivity index (χ3n) is 5.20. The van der Waals surface area contributed by atoms with Gasteiger partial charge in [0, 0.05) is 17.6 Å². The Morgan fingerprint density at radius 3 is 2.79 bits per heavy atom. The molecule has 0 aromatic heterocycles. The van der Waals surface area contributed by atoms with Crippen LogP contribution in [-0.2, 0) is 0 Å². The quantitative estimate of drug-likeness (QED) is 0.804. The molecule has 112 valence electrons. The number of nitrogens with zero attached hydrogens (tertiary/aromatic N) is 1. The molecule has 1 saturated heterocycles. The van der Waals surface area contributed by atoms with E-state index in [1.807, 2.05) is 0 Å². The summed E-state index contributed by atoms with van der Waals surface area (Å²) in [4.78, 5) is 2.72. The molecule has 2 rings (SSSR count). The number of hydrogen-bond donors (Lipinski definition) is 2. The van der Waals surface area contributed by atoms with Crippen LogP contribution in [0.2, 0.25) is 0 Å². The Morgan fingerprint density at radius 2 is 2.11 bits per heavy atom. The Bertz CT molecular complexity index is 271. The van der Waals surface area contributed by atoms with Crippen molar-refractivity contribution < 1.29 is 5.11 Å². The number of piperidine rings is 1. The van der Waals surface area contributed by atoms with Gasteiger partial charge >= 0.3 is 0 Å². The zero-order valence-corrected chi connectivity index (χ0v) is 12.8. The fourth-order valence-corrected chi connectivity index (χ4v) is 4.03. The van der Waals surface area contributed by atoms with Crippen molar-refractivity contribution in [3.05, 3.63) is 0 Å². The first-order valence-corrected chi connectivity index (χ1v) is 8.32. The van der Waals surface area contributed by atoms with Gasteiger partial charge in [-0.3, -0.25) is 4.90 Å². The maximum absolute atomic E-state index is 9.87. The first-order valence-electron chi connectivity index (χ1n) is 8.32. The van der Waals surface area contributed by atoms with Crippen LogP contribution in [0.3, 0.4) is 0 Å². The summed E-state index contributed by atoms with van der Waals surface area (Å²) in [6, 6.07) is 1.42. The van der Waals surface area contributed by atoms with E-state index in [0.717, 1.165) is 31.8 Å². The number of aliphatic hydroxyl groups is 1. The molecule has 2 N–H and O–H groups in total. The predicted molar refractivity (Wildman–Crippen MR) is 80.4 cm³/mol. The van der Waals surface area contributed by atoms with Crippen molar-refractivity contribution in [3.63, 3.8) is 0 Å². The second kappa shape index (κ2) is 7.05. The second-order valence-electron chi connectivity index (χ2n) is 6.70. The molecule has 0 amide bonds. The third-order valence-corrected chi connectivity index (χ3v) is 5.20. The number of rotatable bonds is 5. The first-order chi connectivity index (χ1) is 9.21. The summed E-state index contributed by atoms with van der Waals surface area (Å²) >= 11 is 0. The molecule has 0 aromatic carbocycles. The predicted octanol–water partition coefficient (Wildman–Crippen LogP) is 2.53. The van der Waals surface area contributed by atoms with Gasteiger partial charge in [0.05, 0.1) is 6.61 Å². The van der Waals surface area contributed by atoms with Crippen molar-refractivity contribution in [2.75, 3.05) is 19.7 Å². The van der Waals surface area contributed by atoms with E-state index in [9.17, 15) is 5.11 Å². The number of nitrogens with one attached hydrogen (secondary N) is 1. The van der Waals surface area contributed by atoms with Gasteiger partial charge in [-0.05, 0) is 65.0 Å². The third kappa shape index (κ3) is 3.71. The molecule has 3 atom stereocenters. The number of hydrogen-bond acceptors (Lipinski definition) is 3. The van der Waals surface area contributed by atoms with Gasteiger partial charge in [-0.15, -0.1) is 0 Å². The molecule has 3 unspecified atom stereocenters. The highest BCUT2D eigenvalue weighted by molar-refractivity contribution is 4.97. The van der Waals surface area contributed by atoms with Crippen LogP contribution in [0.4, 0.5) is 0 Å². The lowest BCUT2D eigenvalue weighted by Crippen LogP contribution is -2.57. The topological polar surface area (TPSA) is 35.5 Å². The molecular formula is C16H32N2O. The van der Waals surface area contributed by atoms with E-state index < -0.39 is 0 Å². The summed E-state index contributed by atoms with van der Waals surface area (Å²) in [6.07, 6.45) is 10.1. The van der Waals surface area contributed by atoms with Crippen LogP contribution in [0.5, 0.6) is 0 Å². The lowest BCUT2D eigenvalue weighted by molar-refractivity contribution is 0.0283. The molecule has 0 radical (unpaired) electrons. The summed E-state index contributed by atoms with van der Waals surface area (Å²) in [5.41, 5.74) is -0.00388. The maximum atomic E-state index is 9.87. The Hall–Kier alpha value is -0.120. The van der Waals surface area contributed by atoms with Gasteiger partial charge in [0.1, 0.15) is 0 Å². The van der Waals surface area contributed by atoms with Crippen molar-refractivity contribution in [3.8, 4) is 0 Å². The van der Waals surface area contributed by atoms with Crippen LogP contribution in [0.25, 0.3) is 0 Å². The molecule has 2 fully saturated rings. The van der Waals surface area contributed by atoms with Gasteiger partial charge in [-0.25, -0.2) is 0 Å². The maximum Gasteiger partial charge on any atom is 0.0613 e. The minimum absolute atomic E-state index is 0.00388. The van der Waals surface area contributed by atoms with Crippen molar-refractivity contribution in [1.29, 1.82) is 0 Å². The fourth-order valence-electron chi connectivity index (χ4n) is 4.03. The first kappa shape index (κ1) is 15.3. The Balaban J connectivity index is 1.98. The molecule has 1 heterocycles. The summed E-state index contributed by atoms with van der Waals surface area (Å²) < 4.78 is 0. The second-order valence-corrected chi connectivity index (χ2v) is 6.70. The van der Waals surface area contributed by atoms with Crippen LogP contribution in [0, 0.1) is 0 Å². The van der Waals surface area contributed by atoms with Crippen LogP contribution in [0.1, 0.15) is 65.2 Å². The van der Waals surface area contributed by atoms with E-state index in [-0.39, 0.29) is 5.54 Å². The lowest BCUT2D eigenvalue weighted by atomic mass is 9.78. The Labute approximate surface area is 118 Å². The molecule has 0 bridgehead atoms. The average molecular weight is 268 g/mol. The molecule has 2 aliphatic rings. The van der Waals surface area contributed by atoms with Crippen molar-refractivity contribution in [1.82, 2.24) is 10.2 Å². The summed E-state index contributed by atoms with van der Waals surface area (Å²) in [5.74, 6) is 0. The van der Waals surface area contributed by atoms with E-state index in [2.05, 4.69) is 24.1 Å². The molecule has 1 aliphatic heterocycles. The molecule has 1 aliphatic carbocycles. The molecule has 3 nitrogen and oxygen atoms in total. The van der Waals surface area contributed by atoms with E-state index in [1.165, 1.54) is 38.6 Å². The van der Waals surface area contributed by atoms with Crippen molar-refractivity contribution in [2.24, 2.45) is 0 Å². The highest BCUT2D eigenvalue weighted by atomic mass is 16.3. The minimum atomic E-state index is -0.00388. The molecule has 19 heavy (non-hydrogen) atoms. The highest BCUT2D eigenvalue weighted by Gasteiger charge is 2.38. The Morgan fingerprint density at radius 1 is 1.26 bits per heavy atom. The fraction of sp³-hybridized carbons (Fsp3) is 1.00. The zero-order valence-electron chi connectivity index (χ0n) is 12.8. The van der Waals surface area contributed by atoms with Crippen LogP contribution < -0.4 is 5.32 Å².